The summed E-state index contributed by atoms with van der Waals surface area (Å²) in [5.41, 5.74) is 0.803. The smallest absolute Gasteiger partial charge is 0.131 e. The Morgan fingerprint density at radius 1 is 1.73 bits per heavy atom. The van der Waals surface area contributed by atoms with Gasteiger partial charge in [-0.05, 0) is 5.92 Å². The van der Waals surface area contributed by atoms with Crippen molar-refractivity contribution in [2.75, 3.05) is 5.88 Å². The lowest BCUT2D eigenvalue weighted by Crippen LogP contribution is -1.77. The summed E-state index contributed by atoms with van der Waals surface area (Å²) in [6.07, 6.45) is 4.32. The molecule has 0 atom stereocenters. The van der Waals surface area contributed by atoms with E-state index in [0.29, 0.717) is 5.88 Å². The number of nitrogens with zero attached hydrogens (tertiary/aromatic N) is 2. The van der Waals surface area contributed by atoms with Crippen LogP contribution >= 0.6 is 11.6 Å². The first-order valence-corrected chi connectivity index (χ1v) is 3.89. The summed E-state index contributed by atoms with van der Waals surface area (Å²) in [6, 6.07) is 0. The second kappa shape index (κ2) is 4.05. The Morgan fingerprint density at radius 2 is 2.55 bits per heavy atom. The summed E-state index contributed by atoms with van der Waals surface area (Å²) < 4.78 is 1.87. The third kappa shape index (κ3) is 2.65. The van der Waals surface area contributed by atoms with Gasteiger partial charge in [0.2, 0.25) is 0 Å². The van der Waals surface area contributed by atoms with Gasteiger partial charge in [-0.15, -0.1) is 11.6 Å². The minimum absolute atomic E-state index is 0.583. The maximum absolute atomic E-state index is 5.44. The molecule has 0 amide bonds. The summed E-state index contributed by atoms with van der Waals surface area (Å²) in [5, 5.41) is 0. The minimum atomic E-state index is 0.583. The second-order valence-electron chi connectivity index (χ2n) is 2.17. The maximum atomic E-state index is 5.44. The number of alkyl halides is 1. The third-order valence-electron chi connectivity index (χ3n) is 1.14. The van der Waals surface area contributed by atoms with E-state index in [-0.39, 0.29) is 0 Å². The SMILES string of the molecule is Cn1cnc(C#CCCCl)c1. The van der Waals surface area contributed by atoms with Crippen LogP contribution in [0.4, 0.5) is 0 Å². The van der Waals surface area contributed by atoms with Gasteiger partial charge in [0.05, 0.1) is 6.33 Å². The first-order chi connectivity index (χ1) is 5.33. The molecule has 0 bridgehead atoms. The van der Waals surface area contributed by atoms with Gasteiger partial charge in [0.25, 0.3) is 0 Å². The molecule has 0 radical (unpaired) electrons. The fraction of sp³-hybridized carbons (Fsp3) is 0.375. The van der Waals surface area contributed by atoms with E-state index in [0.717, 1.165) is 12.1 Å². The molecule has 0 spiro atoms. The van der Waals surface area contributed by atoms with Crippen LogP contribution in [0.5, 0.6) is 0 Å². The molecule has 0 saturated carbocycles. The topological polar surface area (TPSA) is 17.8 Å². The van der Waals surface area contributed by atoms with Gasteiger partial charge < -0.3 is 4.57 Å². The molecule has 58 valence electrons. The predicted molar refractivity (Wildman–Crippen MR) is 45.4 cm³/mol. The number of imidazole rings is 1. The van der Waals surface area contributed by atoms with E-state index >= 15 is 0 Å². The van der Waals surface area contributed by atoms with Crippen molar-refractivity contribution in [3.8, 4) is 11.8 Å². The molecule has 2 nitrogen and oxygen atoms in total. The van der Waals surface area contributed by atoms with Crippen molar-refractivity contribution >= 4 is 11.6 Å². The molecule has 1 heterocycles. The van der Waals surface area contributed by atoms with E-state index in [9.17, 15) is 0 Å². The van der Waals surface area contributed by atoms with Crippen molar-refractivity contribution in [3.05, 3.63) is 18.2 Å². The quantitative estimate of drug-likeness (QED) is 0.458. The number of hydrogen-bond acceptors (Lipinski definition) is 1. The fourth-order valence-corrected chi connectivity index (χ4v) is 0.772. The van der Waals surface area contributed by atoms with Crippen LogP contribution < -0.4 is 0 Å². The zero-order valence-electron chi connectivity index (χ0n) is 6.34. The molecule has 1 aromatic heterocycles. The maximum Gasteiger partial charge on any atom is 0.131 e. The molecule has 0 aromatic carbocycles. The first-order valence-electron chi connectivity index (χ1n) is 3.35. The lowest BCUT2D eigenvalue weighted by atomic mass is 10.4. The molecule has 3 heteroatoms. The molecular formula is C8H9ClN2. The van der Waals surface area contributed by atoms with E-state index < -0.39 is 0 Å². The van der Waals surface area contributed by atoms with Crippen molar-refractivity contribution in [1.29, 1.82) is 0 Å². The van der Waals surface area contributed by atoms with Crippen LogP contribution in [0.3, 0.4) is 0 Å². The summed E-state index contributed by atoms with van der Waals surface area (Å²) in [7, 11) is 1.92. The van der Waals surface area contributed by atoms with E-state index in [4.69, 9.17) is 11.6 Å². The highest BCUT2D eigenvalue weighted by atomic mass is 35.5. The monoisotopic (exact) mass is 168 g/mol. The van der Waals surface area contributed by atoms with Gasteiger partial charge >= 0.3 is 0 Å². The zero-order chi connectivity index (χ0) is 8.10. The van der Waals surface area contributed by atoms with Crippen LogP contribution in [-0.2, 0) is 7.05 Å². The Morgan fingerprint density at radius 3 is 3.09 bits per heavy atom. The second-order valence-corrected chi connectivity index (χ2v) is 2.54. The van der Waals surface area contributed by atoms with Crippen LogP contribution in [-0.4, -0.2) is 15.4 Å². The van der Waals surface area contributed by atoms with Crippen molar-refractivity contribution < 1.29 is 0 Å². The standard InChI is InChI=1S/C8H9ClN2/c1-11-6-8(10-7-11)4-2-3-5-9/h6-7H,3,5H2,1H3. The molecule has 0 aliphatic carbocycles. The predicted octanol–water partition coefficient (Wildman–Crippen LogP) is 1.40. The van der Waals surface area contributed by atoms with Crippen LogP contribution in [0.25, 0.3) is 0 Å². The highest BCUT2D eigenvalue weighted by Gasteiger charge is 1.87. The van der Waals surface area contributed by atoms with E-state index in [1.54, 1.807) is 6.33 Å². The van der Waals surface area contributed by atoms with E-state index in [1.807, 2.05) is 17.8 Å². The highest BCUT2D eigenvalue weighted by molar-refractivity contribution is 6.18. The molecule has 11 heavy (non-hydrogen) atoms. The van der Waals surface area contributed by atoms with Crippen LogP contribution in [0.15, 0.2) is 12.5 Å². The van der Waals surface area contributed by atoms with Crippen molar-refractivity contribution in [1.82, 2.24) is 9.55 Å². The molecule has 1 aromatic rings. The van der Waals surface area contributed by atoms with Crippen LogP contribution in [0.1, 0.15) is 12.1 Å². The lowest BCUT2D eigenvalue weighted by Gasteiger charge is -1.79. The number of aromatic nitrogens is 2. The highest BCUT2D eigenvalue weighted by Crippen LogP contribution is 1.90. The van der Waals surface area contributed by atoms with E-state index in [1.165, 1.54) is 0 Å². The third-order valence-corrected chi connectivity index (χ3v) is 1.33. The van der Waals surface area contributed by atoms with Crippen molar-refractivity contribution in [2.45, 2.75) is 6.42 Å². The molecule has 0 unspecified atom stereocenters. The summed E-state index contributed by atoms with van der Waals surface area (Å²) >= 11 is 5.44. The first kappa shape index (κ1) is 8.16. The number of rotatable bonds is 1. The average molecular weight is 169 g/mol. The number of aryl methyl sites for hydroxylation is 1. The Bertz CT molecular complexity index is 280. The molecule has 0 fully saturated rings. The molecule has 0 aliphatic rings. The summed E-state index contributed by atoms with van der Waals surface area (Å²) in [6.45, 7) is 0. The van der Waals surface area contributed by atoms with Crippen LogP contribution in [0, 0.1) is 11.8 Å². The minimum Gasteiger partial charge on any atom is -0.339 e. The van der Waals surface area contributed by atoms with E-state index in [2.05, 4.69) is 16.8 Å². The Kier molecular flexibility index (Phi) is 3.00. The number of hydrogen-bond donors (Lipinski definition) is 0. The van der Waals surface area contributed by atoms with Crippen LogP contribution in [0.2, 0.25) is 0 Å². The zero-order valence-corrected chi connectivity index (χ0v) is 7.10. The molecule has 0 N–H and O–H groups in total. The summed E-state index contributed by atoms with van der Waals surface area (Å²) in [5.74, 6) is 6.39. The van der Waals surface area contributed by atoms with Crippen molar-refractivity contribution in [3.63, 3.8) is 0 Å². The van der Waals surface area contributed by atoms with Gasteiger partial charge in [-0.2, -0.15) is 0 Å². The molecule has 0 saturated heterocycles. The Labute approximate surface area is 71.2 Å². The van der Waals surface area contributed by atoms with Gasteiger partial charge in [-0.1, -0.05) is 5.92 Å². The van der Waals surface area contributed by atoms with Gasteiger partial charge in [0.1, 0.15) is 5.69 Å². The average Bonchev–Trinajstić information content (AvgIpc) is 2.37. The molecule has 0 aliphatic heterocycles. The number of halogens is 1. The molecular weight excluding hydrogens is 160 g/mol. The van der Waals surface area contributed by atoms with Gasteiger partial charge in [-0.3, -0.25) is 0 Å². The van der Waals surface area contributed by atoms with Gasteiger partial charge in [0.15, 0.2) is 0 Å². The largest absolute Gasteiger partial charge is 0.339 e. The lowest BCUT2D eigenvalue weighted by molar-refractivity contribution is 0.913. The Hall–Kier alpha value is -0.940. The Balaban J connectivity index is 2.59. The molecule has 1 rings (SSSR count). The fourth-order valence-electron chi connectivity index (χ4n) is 0.678. The van der Waals surface area contributed by atoms with Crippen molar-refractivity contribution in [2.24, 2.45) is 7.05 Å². The normalized spacial score (nSPS) is 8.91. The summed E-state index contributed by atoms with van der Waals surface area (Å²) in [4.78, 5) is 4.03. The van der Waals surface area contributed by atoms with Gasteiger partial charge in [0, 0.05) is 25.5 Å². The van der Waals surface area contributed by atoms with Gasteiger partial charge in [-0.25, -0.2) is 4.98 Å².